The number of hydrogen-bond acceptors (Lipinski definition) is 4. The SMILES string of the molecule is O=C(O)C=C(S)C(=O)O.c1cc2c3nc-2ccc3c1. The number of rotatable bonds is 2. The molecule has 0 fully saturated rings. The Balaban J connectivity index is 0.000000142. The topological polar surface area (TPSA) is 87.5 Å². The molecule has 2 bridgehead atoms. The van der Waals surface area contributed by atoms with Crippen molar-refractivity contribution in [3.05, 3.63) is 41.3 Å². The van der Waals surface area contributed by atoms with Gasteiger partial charge in [-0.25, -0.2) is 14.6 Å². The summed E-state index contributed by atoms with van der Waals surface area (Å²) in [5.41, 5.74) is 3.64. The molecule has 0 radical (unpaired) electrons. The Morgan fingerprint density at radius 1 is 1.16 bits per heavy atom. The maximum atomic E-state index is 9.83. The Kier molecular flexibility index (Phi) is 3.52. The predicted octanol–water partition coefficient (Wildman–Crippen LogP) is 2.18. The molecule has 19 heavy (non-hydrogen) atoms. The van der Waals surface area contributed by atoms with Crippen molar-refractivity contribution in [3.63, 3.8) is 0 Å². The zero-order chi connectivity index (χ0) is 14.0. The van der Waals surface area contributed by atoms with Crippen molar-refractivity contribution < 1.29 is 19.8 Å². The second-order valence-corrected chi connectivity index (χ2v) is 4.23. The van der Waals surface area contributed by atoms with Gasteiger partial charge in [0.1, 0.15) is 0 Å². The van der Waals surface area contributed by atoms with E-state index in [9.17, 15) is 9.59 Å². The van der Waals surface area contributed by atoms with Crippen LogP contribution in [0.2, 0.25) is 0 Å². The average molecular weight is 275 g/mol. The molecular weight excluding hydrogens is 266 g/mol. The first kappa shape index (κ1) is 13.1. The van der Waals surface area contributed by atoms with Gasteiger partial charge >= 0.3 is 11.9 Å². The largest absolute Gasteiger partial charge is 0.478 e. The summed E-state index contributed by atoms with van der Waals surface area (Å²) in [6.45, 7) is 0. The van der Waals surface area contributed by atoms with Crippen LogP contribution < -0.4 is 0 Å². The highest BCUT2D eigenvalue weighted by atomic mass is 32.1. The number of hydrogen-bond donors (Lipinski definition) is 3. The molecule has 2 heterocycles. The van der Waals surface area contributed by atoms with Crippen molar-refractivity contribution in [2.75, 3.05) is 0 Å². The second kappa shape index (κ2) is 5.11. The van der Waals surface area contributed by atoms with Crippen LogP contribution in [-0.2, 0) is 9.59 Å². The van der Waals surface area contributed by atoms with Gasteiger partial charge < -0.3 is 10.2 Å². The number of aromatic nitrogens is 1. The van der Waals surface area contributed by atoms with Crippen molar-refractivity contribution in [3.8, 4) is 11.3 Å². The second-order valence-electron chi connectivity index (χ2n) is 3.75. The highest BCUT2D eigenvalue weighted by Gasteiger charge is 2.14. The minimum atomic E-state index is -1.35. The molecule has 0 aliphatic carbocycles. The minimum absolute atomic E-state index is 0.484. The number of thiol groups is 1. The van der Waals surface area contributed by atoms with Crippen molar-refractivity contribution in [1.29, 1.82) is 0 Å². The molecule has 0 unspecified atom stereocenters. The van der Waals surface area contributed by atoms with E-state index in [1.165, 1.54) is 16.5 Å². The third kappa shape index (κ3) is 2.74. The number of para-hydroxylation sites is 1. The molecule has 3 rings (SSSR count). The van der Waals surface area contributed by atoms with Gasteiger partial charge in [-0.15, -0.1) is 12.6 Å². The summed E-state index contributed by atoms with van der Waals surface area (Å²) in [4.78, 5) is 23.4. The molecule has 0 amide bonds. The third-order valence-electron chi connectivity index (χ3n) is 2.48. The normalized spacial score (nSPS) is 11.5. The van der Waals surface area contributed by atoms with Crippen LogP contribution >= 0.6 is 12.6 Å². The summed E-state index contributed by atoms with van der Waals surface area (Å²) in [6.07, 6.45) is 0.505. The lowest BCUT2D eigenvalue weighted by molar-refractivity contribution is -0.134. The lowest BCUT2D eigenvalue weighted by Gasteiger charge is -2.14. The number of pyridine rings is 1. The molecule has 6 heteroatoms. The number of carbonyl (C=O) groups is 2. The van der Waals surface area contributed by atoms with Gasteiger partial charge in [0, 0.05) is 17.0 Å². The zero-order valence-electron chi connectivity index (χ0n) is 9.57. The first-order valence-corrected chi connectivity index (χ1v) is 5.71. The Bertz CT molecular complexity index is 696. The molecule has 0 saturated heterocycles. The lowest BCUT2D eigenvalue weighted by atomic mass is 9.99. The number of fused-ring (bicyclic) bond motifs is 2. The van der Waals surface area contributed by atoms with Gasteiger partial charge in [-0.3, -0.25) is 0 Å². The summed E-state index contributed by atoms with van der Waals surface area (Å²) in [6, 6.07) is 10.5. The standard InChI is InChI=1S/C9H5N.C4H4O4S/c1-2-6-4-5-8-7(3-1)9(6)10-8;5-3(6)1-2(9)4(7)8/h1-5H;1,9H,(H,5,6)(H,7,8). The van der Waals surface area contributed by atoms with Gasteiger partial charge in [-0.1, -0.05) is 24.3 Å². The van der Waals surface area contributed by atoms with E-state index in [2.05, 4.69) is 47.9 Å². The van der Waals surface area contributed by atoms with E-state index >= 15 is 0 Å². The quantitative estimate of drug-likeness (QED) is 0.493. The molecule has 0 atom stereocenters. The summed E-state index contributed by atoms with van der Waals surface area (Å²) in [5, 5.41) is 17.2. The lowest BCUT2D eigenvalue weighted by Crippen LogP contribution is -1.97. The highest BCUT2D eigenvalue weighted by Crippen LogP contribution is 2.34. The average Bonchev–Trinajstić information content (AvgIpc) is 2.33. The number of carboxylic acid groups (broad SMARTS) is 2. The highest BCUT2D eigenvalue weighted by molar-refractivity contribution is 7.85. The maximum absolute atomic E-state index is 9.83. The van der Waals surface area contributed by atoms with E-state index in [-0.39, 0.29) is 0 Å². The Morgan fingerprint density at radius 3 is 2.32 bits per heavy atom. The van der Waals surface area contributed by atoms with Gasteiger partial charge in [0.2, 0.25) is 0 Å². The van der Waals surface area contributed by atoms with E-state index in [0.29, 0.717) is 6.08 Å². The van der Waals surface area contributed by atoms with Crippen LogP contribution in [0.3, 0.4) is 0 Å². The molecule has 96 valence electrons. The monoisotopic (exact) mass is 275 g/mol. The van der Waals surface area contributed by atoms with Crippen LogP contribution in [0.25, 0.3) is 22.2 Å². The van der Waals surface area contributed by atoms with Gasteiger partial charge in [-0.05, 0) is 6.07 Å². The number of aliphatic carboxylic acids is 2. The van der Waals surface area contributed by atoms with Crippen molar-refractivity contribution in [2.45, 2.75) is 0 Å². The predicted molar refractivity (Wildman–Crippen MR) is 73.1 cm³/mol. The maximum Gasteiger partial charge on any atom is 0.342 e. The van der Waals surface area contributed by atoms with Crippen molar-refractivity contribution in [1.82, 2.24) is 4.98 Å². The molecule has 5 nitrogen and oxygen atoms in total. The molecule has 1 aliphatic rings. The number of nitrogens with zero attached hydrogens (tertiary/aromatic N) is 1. The Morgan fingerprint density at radius 2 is 1.89 bits per heavy atom. The number of benzene rings is 2. The van der Waals surface area contributed by atoms with Gasteiger partial charge in [-0.2, -0.15) is 0 Å². The molecule has 1 aromatic heterocycles. The van der Waals surface area contributed by atoms with Gasteiger partial charge in [0.05, 0.1) is 16.1 Å². The molecule has 0 saturated carbocycles. The Labute approximate surface area is 113 Å². The Hall–Kier alpha value is -2.34. The van der Waals surface area contributed by atoms with Crippen LogP contribution in [0.5, 0.6) is 0 Å². The van der Waals surface area contributed by atoms with Crippen LogP contribution in [0.1, 0.15) is 0 Å². The first-order chi connectivity index (χ1) is 8.99. The van der Waals surface area contributed by atoms with Crippen molar-refractivity contribution >= 4 is 35.5 Å². The third-order valence-corrected chi connectivity index (χ3v) is 2.80. The van der Waals surface area contributed by atoms with Crippen LogP contribution in [0.4, 0.5) is 0 Å². The van der Waals surface area contributed by atoms with Crippen LogP contribution in [-0.4, -0.2) is 27.1 Å². The molecular formula is C13H9NO4S. The van der Waals surface area contributed by atoms with E-state index in [1.54, 1.807) is 0 Å². The van der Waals surface area contributed by atoms with Crippen molar-refractivity contribution in [2.24, 2.45) is 0 Å². The zero-order valence-corrected chi connectivity index (χ0v) is 10.5. The first-order valence-electron chi connectivity index (χ1n) is 5.26. The molecule has 2 N–H and O–H groups in total. The van der Waals surface area contributed by atoms with Crippen LogP contribution in [0, 0.1) is 0 Å². The smallest absolute Gasteiger partial charge is 0.342 e. The summed E-state index contributed by atoms with van der Waals surface area (Å²) < 4.78 is 0. The van der Waals surface area contributed by atoms with Crippen LogP contribution in [0.15, 0.2) is 41.3 Å². The summed E-state index contributed by atoms with van der Waals surface area (Å²) >= 11 is 3.35. The van der Waals surface area contributed by atoms with Gasteiger partial charge in [0.15, 0.2) is 0 Å². The summed E-state index contributed by atoms with van der Waals surface area (Å²) in [5.74, 6) is -2.66. The van der Waals surface area contributed by atoms with E-state index < -0.39 is 16.8 Å². The molecule has 1 aromatic carbocycles. The van der Waals surface area contributed by atoms with Gasteiger partial charge in [0.25, 0.3) is 0 Å². The molecule has 0 spiro atoms. The molecule has 1 aliphatic heterocycles. The summed E-state index contributed by atoms with van der Waals surface area (Å²) in [7, 11) is 0. The fraction of sp³-hybridized carbons (Fsp3) is 0. The fourth-order valence-electron chi connectivity index (χ4n) is 1.63. The van der Waals surface area contributed by atoms with E-state index in [1.807, 2.05) is 0 Å². The molecule has 2 aromatic rings. The van der Waals surface area contributed by atoms with E-state index in [4.69, 9.17) is 10.2 Å². The number of carboxylic acids is 2. The minimum Gasteiger partial charge on any atom is -0.478 e. The fourth-order valence-corrected chi connectivity index (χ4v) is 1.74. The van der Waals surface area contributed by atoms with E-state index in [0.717, 1.165) is 5.69 Å².